The number of rotatable bonds is 5. The molecule has 0 spiro atoms. The summed E-state index contributed by atoms with van der Waals surface area (Å²) < 4.78 is 73.0. The van der Waals surface area contributed by atoms with Gasteiger partial charge in [-0.05, 0) is 36.4 Å². The number of aromatic nitrogens is 1. The van der Waals surface area contributed by atoms with Crippen molar-refractivity contribution in [2.24, 2.45) is 5.10 Å². The predicted molar refractivity (Wildman–Crippen MR) is 116 cm³/mol. The highest BCUT2D eigenvalue weighted by atomic mass is 35.5. The van der Waals surface area contributed by atoms with E-state index in [0.717, 1.165) is 5.01 Å². The maximum atomic E-state index is 14.2. The molecule has 2 heterocycles. The molecule has 1 aliphatic rings. The molecular weight excluding hydrogens is 465 g/mol. The van der Waals surface area contributed by atoms with Crippen LogP contribution in [-0.4, -0.2) is 29.9 Å². The first-order valence-corrected chi connectivity index (χ1v) is 10.2. The number of nitrogens with zero attached hydrogens (tertiary/aromatic N) is 3. The Balaban J connectivity index is 1.80. The molecule has 3 aromatic rings. The number of ether oxygens (including phenoxy) is 1. The van der Waals surface area contributed by atoms with Crippen LogP contribution in [0.5, 0.6) is 5.75 Å². The molecule has 0 radical (unpaired) electrons. The van der Waals surface area contributed by atoms with Crippen molar-refractivity contribution in [1.29, 1.82) is 0 Å². The minimum Gasteiger partial charge on any atom is -0.496 e. The van der Waals surface area contributed by atoms with Crippen molar-refractivity contribution >= 4 is 23.0 Å². The number of hydrazone groups is 1. The van der Waals surface area contributed by atoms with Gasteiger partial charge in [0, 0.05) is 12.0 Å². The number of methoxy groups -OCH3 is 1. The average Bonchev–Trinajstić information content (AvgIpc) is 3.25. The Morgan fingerprint density at radius 1 is 0.939 bits per heavy atom. The normalized spacial score (nSPS) is 16.6. The number of hydrogen-bond acceptors (Lipinski definition) is 4. The quantitative estimate of drug-likeness (QED) is 0.371. The fourth-order valence-electron chi connectivity index (χ4n) is 3.60. The minimum absolute atomic E-state index is 0.156. The van der Waals surface area contributed by atoms with Crippen LogP contribution < -0.4 is 9.75 Å². The van der Waals surface area contributed by atoms with Crippen LogP contribution in [0.1, 0.15) is 18.2 Å². The first kappa shape index (κ1) is 23.0. The molecule has 0 fully saturated rings. The standard InChI is InChI=1S/C23H17ClF5N3O/c1-33-20-12-5-2-7-14(20)16-9-6-10-17(30-16)19-13-21(22(25,26)23(27,28)29)31-32(19)18-11-4-3-8-15(18)24/h2-12,19H,13H2,1H3. The van der Waals surface area contributed by atoms with Gasteiger partial charge >= 0.3 is 12.1 Å². The molecule has 0 saturated carbocycles. The van der Waals surface area contributed by atoms with Gasteiger partial charge < -0.3 is 4.74 Å². The number of hydrogen-bond donors (Lipinski definition) is 0. The summed E-state index contributed by atoms with van der Waals surface area (Å²) >= 11 is 6.22. The SMILES string of the molecule is COc1ccccc1-c1cccc(C2CC(C(F)(F)C(F)(F)F)=NN2c2ccccc2Cl)n1. The number of anilines is 1. The van der Waals surface area contributed by atoms with Gasteiger partial charge in [0.2, 0.25) is 0 Å². The number of alkyl halides is 5. The fourth-order valence-corrected chi connectivity index (χ4v) is 3.82. The molecule has 1 unspecified atom stereocenters. The molecule has 1 aromatic heterocycles. The summed E-state index contributed by atoms with van der Waals surface area (Å²) in [5, 5.41) is 4.91. The second kappa shape index (κ2) is 8.62. The summed E-state index contributed by atoms with van der Waals surface area (Å²) in [6, 6.07) is 17.1. The number of pyridine rings is 1. The summed E-state index contributed by atoms with van der Waals surface area (Å²) in [6.45, 7) is 0. The topological polar surface area (TPSA) is 37.7 Å². The highest BCUT2D eigenvalue weighted by molar-refractivity contribution is 6.33. The van der Waals surface area contributed by atoms with E-state index >= 15 is 0 Å². The van der Waals surface area contributed by atoms with Crippen molar-refractivity contribution in [1.82, 2.24) is 4.98 Å². The molecule has 0 bridgehead atoms. The van der Waals surface area contributed by atoms with Crippen LogP contribution in [0.4, 0.5) is 27.6 Å². The third kappa shape index (κ3) is 4.25. The van der Waals surface area contributed by atoms with Gasteiger partial charge in [0.05, 0.1) is 29.2 Å². The zero-order chi connectivity index (χ0) is 23.8. The molecule has 0 saturated heterocycles. The highest BCUT2D eigenvalue weighted by Gasteiger charge is 2.63. The van der Waals surface area contributed by atoms with E-state index in [9.17, 15) is 22.0 Å². The summed E-state index contributed by atoms with van der Waals surface area (Å²) in [6.07, 6.45) is -6.46. The second-order valence-electron chi connectivity index (χ2n) is 7.28. The lowest BCUT2D eigenvalue weighted by molar-refractivity contribution is -0.249. The lowest BCUT2D eigenvalue weighted by Gasteiger charge is -2.24. The Morgan fingerprint density at radius 2 is 1.64 bits per heavy atom. The van der Waals surface area contributed by atoms with E-state index in [1.165, 1.54) is 19.2 Å². The van der Waals surface area contributed by atoms with Crippen LogP contribution in [0.3, 0.4) is 0 Å². The number of halogens is 6. The number of para-hydroxylation sites is 2. The Hall–Kier alpha value is -3.20. The first-order valence-electron chi connectivity index (χ1n) is 9.80. The summed E-state index contributed by atoms with van der Waals surface area (Å²) in [5.74, 6) is -4.56. The number of benzene rings is 2. The zero-order valence-electron chi connectivity index (χ0n) is 17.2. The third-order valence-corrected chi connectivity index (χ3v) is 5.54. The third-order valence-electron chi connectivity index (χ3n) is 5.22. The molecule has 0 N–H and O–H groups in total. The molecule has 0 amide bonds. The van der Waals surface area contributed by atoms with Gasteiger partial charge in [0.1, 0.15) is 17.5 Å². The highest BCUT2D eigenvalue weighted by Crippen LogP contribution is 2.45. The van der Waals surface area contributed by atoms with E-state index in [4.69, 9.17) is 16.3 Å². The van der Waals surface area contributed by atoms with Crippen LogP contribution in [0, 0.1) is 0 Å². The molecule has 172 valence electrons. The minimum atomic E-state index is -5.78. The summed E-state index contributed by atoms with van der Waals surface area (Å²) in [7, 11) is 1.50. The molecule has 4 nitrogen and oxygen atoms in total. The summed E-state index contributed by atoms with van der Waals surface area (Å²) in [5.41, 5.74) is 0.270. The van der Waals surface area contributed by atoms with Gasteiger partial charge in [-0.1, -0.05) is 41.9 Å². The fraction of sp³-hybridized carbons (Fsp3) is 0.217. The van der Waals surface area contributed by atoms with Crippen LogP contribution >= 0.6 is 11.6 Å². The van der Waals surface area contributed by atoms with Crippen molar-refractivity contribution in [2.75, 3.05) is 12.1 Å². The van der Waals surface area contributed by atoms with E-state index < -0.39 is 30.3 Å². The molecule has 1 aliphatic heterocycles. The van der Waals surface area contributed by atoms with Gasteiger partial charge in [-0.2, -0.15) is 27.1 Å². The zero-order valence-corrected chi connectivity index (χ0v) is 17.9. The monoisotopic (exact) mass is 481 g/mol. The van der Waals surface area contributed by atoms with E-state index in [1.807, 2.05) is 0 Å². The lowest BCUT2D eigenvalue weighted by atomic mass is 10.0. The lowest BCUT2D eigenvalue weighted by Crippen LogP contribution is -2.43. The second-order valence-corrected chi connectivity index (χ2v) is 7.69. The molecule has 10 heteroatoms. The molecule has 33 heavy (non-hydrogen) atoms. The van der Waals surface area contributed by atoms with Crippen molar-refractivity contribution in [3.63, 3.8) is 0 Å². The van der Waals surface area contributed by atoms with E-state index in [2.05, 4.69) is 10.1 Å². The molecular formula is C23H17ClF5N3O. The molecule has 2 aromatic carbocycles. The van der Waals surface area contributed by atoms with Crippen molar-refractivity contribution in [3.8, 4) is 17.0 Å². The Morgan fingerprint density at radius 3 is 2.33 bits per heavy atom. The van der Waals surface area contributed by atoms with Gasteiger partial charge in [-0.15, -0.1) is 0 Å². The molecule has 4 rings (SSSR count). The van der Waals surface area contributed by atoms with Crippen LogP contribution in [0.2, 0.25) is 5.02 Å². The van der Waals surface area contributed by atoms with Gasteiger partial charge in [-0.25, -0.2) is 0 Å². The van der Waals surface area contributed by atoms with Gasteiger partial charge in [0.15, 0.2) is 0 Å². The van der Waals surface area contributed by atoms with Crippen molar-refractivity contribution < 1.29 is 26.7 Å². The Kier molecular flexibility index (Phi) is 6.00. The van der Waals surface area contributed by atoms with E-state index in [-0.39, 0.29) is 16.4 Å². The van der Waals surface area contributed by atoms with Crippen LogP contribution in [-0.2, 0) is 0 Å². The smallest absolute Gasteiger partial charge is 0.459 e. The van der Waals surface area contributed by atoms with Gasteiger partial charge in [-0.3, -0.25) is 9.99 Å². The van der Waals surface area contributed by atoms with E-state index in [0.29, 0.717) is 17.0 Å². The molecule has 0 aliphatic carbocycles. The summed E-state index contributed by atoms with van der Waals surface area (Å²) in [4.78, 5) is 4.55. The maximum Gasteiger partial charge on any atom is 0.459 e. The van der Waals surface area contributed by atoms with E-state index in [1.54, 1.807) is 54.6 Å². The van der Waals surface area contributed by atoms with Crippen molar-refractivity contribution in [3.05, 3.63) is 77.4 Å². The van der Waals surface area contributed by atoms with Crippen LogP contribution in [0.25, 0.3) is 11.3 Å². The molecule has 1 atom stereocenters. The Labute approximate surface area is 191 Å². The van der Waals surface area contributed by atoms with Gasteiger partial charge in [0.25, 0.3) is 0 Å². The average molecular weight is 482 g/mol. The first-order chi connectivity index (χ1) is 15.6. The van der Waals surface area contributed by atoms with Crippen molar-refractivity contribution in [2.45, 2.75) is 24.6 Å². The van der Waals surface area contributed by atoms with Crippen LogP contribution in [0.15, 0.2) is 71.8 Å². The maximum absolute atomic E-state index is 14.2. The largest absolute Gasteiger partial charge is 0.496 e. The Bertz CT molecular complexity index is 1200. The predicted octanol–water partition coefficient (Wildman–Crippen LogP) is 6.92.